The van der Waals surface area contributed by atoms with Gasteiger partial charge < -0.3 is 43.1 Å². The fourth-order valence-corrected chi connectivity index (χ4v) is 10.9. The molecule has 0 spiro atoms. The average Bonchev–Trinajstić information content (AvgIpc) is 1.78. The summed E-state index contributed by atoms with van der Waals surface area (Å²) in [5, 5.41) is 2.10. The summed E-state index contributed by atoms with van der Waals surface area (Å²) in [6.07, 6.45) is 0. The van der Waals surface area contributed by atoms with Crippen molar-refractivity contribution >= 4 is 103 Å². The lowest BCUT2D eigenvalue weighted by Gasteiger charge is -2.18. The third-order valence-electron chi connectivity index (χ3n) is 14.3. The van der Waals surface area contributed by atoms with Gasteiger partial charge in [-0.25, -0.2) is 49.1 Å². The Labute approximate surface area is 504 Å². The summed E-state index contributed by atoms with van der Waals surface area (Å²) < 4.78 is 38.9. The second-order valence-electron chi connectivity index (χ2n) is 20.9. The standard InChI is InChI=1S/C64H47Cl3N8O11/c1-64(2,3)36-16-17-44-45(27-36)57-71-53-41-13-9-11-15-43(41)55(69-53)74-59-47-46(58(75-59)73-54-42-14-10-8-12-40(42)52(68-54)70-56(44)72-57)48(65)50(67)51(49(47)66)86-39-19-30(28-84-37-23-32(60(76)80-4)21-33(24-37)61(77)81-5)18-31(20-39)29-85-38-25-34(62(78)82-6)22-35(26-38)63(79)83-7/h8-27H,28-29H2,1-7H3,(H2,68,69,70,71,72,73,74,75). The highest BCUT2D eigenvalue weighted by atomic mass is 35.5. The van der Waals surface area contributed by atoms with Crippen molar-refractivity contribution in [1.82, 2.24) is 39.9 Å². The quantitative estimate of drug-likeness (QED) is 0.0656. The predicted octanol–water partition coefficient (Wildman–Crippen LogP) is 14.2. The van der Waals surface area contributed by atoms with E-state index in [4.69, 9.17) is 97.9 Å². The molecule has 430 valence electrons. The number of hydrogen-bond donors (Lipinski definition) is 2. The fraction of sp³-hybridized carbons (Fsp3) is 0.156. The molecule has 0 saturated heterocycles. The highest BCUT2D eigenvalue weighted by Gasteiger charge is 2.28. The number of aromatic nitrogens is 8. The maximum atomic E-state index is 12.7. The Morgan fingerprint density at radius 3 is 1.24 bits per heavy atom. The summed E-state index contributed by atoms with van der Waals surface area (Å²) in [6, 6.07) is 34.8. The van der Waals surface area contributed by atoms with E-state index in [0.717, 1.165) is 27.5 Å². The molecule has 0 amide bonds. The van der Waals surface area contributed by atoms with Crippen molar-refractivity contribution in [3.05, 3.63) is 175 Å². The van der Waals surface area contributed by atoms with Crippen LogP contribution in [0.2, 0.25) is 15.1 Å². The molecule has 3 aromatic heterocycles. The van der Waals surface area contributed by atoms with Crippen molar-refractivity contribution in [2.24, 2.45) is 0 Å². The highest BCUT2D eigenvalue weighted by molar-refractivity contribution is 6.51. The molecule has 2 N–H and O–H groups in total. The van der Waals surface area contributed by atoms with Crippen LogP contribution in [0.5, 0.6) is 23.0 Å². The number of esters is 4. The number of H-pyrrole nitrogens is 2. The van der Waals surface area contributed by atoms with Gasteiger partial charge in [-0.1, -0.05) is 116 Å². The number of nitrogens with zero attached hydrogens (tertiary/aromatic N) is 6. The minimum absolute atomic E-state index is 0.00578. The summed E-state index contributed by atoms with van der Waals surface area (Å²) in [5.41, 5.74) is 6.30. The minimum Gasteiger partial charge on any atom is -0.489 e. The first-order valence-corrected chi connectivity index (χ1v) is 27.6. The van der Waals surface area contributed by atoms with Crippen molar-refractivity contribution in [2.75, 3.05) is 28.4 Å². The molecule has 86 heavy (non-hydrogen) atoms. The number of rotatable bonds is 12. The Kier molecular flexibility index (Phi) is 14.8. The van der Waals surface area contributed by atoms with Crippen LogP contribution in [-0.4, -0.2) is 92.2 Å². The van der Waals surface area contributed by atoms with Crippen molar-refractivity contribution in [1.29, 1.82) is 0 Å². The number of benzene rings is 7. The number of fused-ring (bicyclic) bond motifs is 20. The highest BCUT2D eigenvalue weighted by Crippen LogP contribution is 2.50. The molecule has 7 aromatic carbocycles. The summed E-state index contributed by atoms with van der Waals surface area (Å²) in [7, 11) is 4.84. The molecule has 2 aliphatic rings. The first-order chi connectivity index (χ1) is 41.4. The maximum Gasteiger partial charge on any atom is 0.338 e. The van der Waals surface area contributed by atoms with Crippen LogP contribution in [0, 0.1) is 0 Å². The van der Waals surface area contributed by atoms with Gasteiger partial charge in [0.15, 0.2) is 29.0 Å². The van der Waals surface area contributed by atoms with E-state index in [0.29, 0.717) is 56.8 Å². The molecule has 0 atom stereocenters. The SMILES string of the molecule is COC(=O)c1cc(OCc2cc(COc3cc(C(=O)OC)cc(C(=O)OC)c3)cc(Oc3c(Cl)c(Cl)c4c5nc6nc(nc7[nH]c(nc8nc(nc([nH]5)c4c3Cl)-c3ccccc3-8)c3cc(C(C)(C)C)ccc73)-c3ccccc3-6)c2)cc(C(=O)OC)c1. The number of carbonyl (C=O) groups is 4. The smallest absolute Gasteiger partial charge is 0.338 e. The third kappa shape index (κ3) is 10.6. The number of nitrogens with one attached hydrogen (secondary N) is 2. The average molecular weight is 1210 g/mol. The molecule has 8 bridgehead atoms. The van der Waals surface area contributed by atoms with Gasteiger partial charge in [-0.2, -0.15) is 0 Å². The number of aromatic amines is 2. The third-order valence-corrected chi connectivity index (χ3v) is 15.5. The van der Waals surface area contributed by atoms with Gasteiger partial charge >= 0.3 is 23.9 Å². The summed E-state index contributed by atoms with van der Waals surface area (Å²) in [6.45, 7) is 6.10. The summed E-state index contributed by atoms with van der Waals surface area (Å²) in [4.78, 5) is 88.5. The fourth-order valence-electron chi connectivity index (χ4n) is 10.1. The van der Waals surface area contributed by atoms with Crippen LogP contribution in [0.4, 0.5) is 0 Å². The van der Waals surface area contributed by atoms with Gasteiger partial charge in [-0.3, -0.25) is 0 Å². The molecular weight excluding hydrogens is 1160 g/mol. The number of hydrogen-bond acceptors (Lipinski definition) is 17. The molecule has 10 aromatic rings. The summed E-state index contributed by atoms with van der Waals surface area (Å²) >= 11 is 22.3. The normalized spacial score (nSPS) is 11.7. The molecule has 2 aliphatic heterocycles. The Bertz CT molecular complexity index is 4540. The Morgan fingerprint density at radius 2 is 0.826 bits per heavy atom. The van der Waals surface area contributed by atoms with Gasteiger partial charge in [0.25, 0.3) is 0 Å². The number of methoxy groups -OCH3 is 4. The lowest BCUT2D eigenvalue weighted by molar-refractivity contribution is 0.0580. The molecule has 12 rings (SSSR count). The molecule has 0 radical (unpaired) electrons. The van der Waals surface area contributed by atoms with E-state index in [1.807, 2.05) is 54.6 Å². The van der Waals surface area contributed by atoms with E-state index in [2.05, 4.69) is 42.9 Å². The lowest BCUT2D eigenvalue weighted by Crippen LogP contribution is -2.10. The largest absolute Gasteiger partial charge is 0.489 e. The van der Waals surface area contributed by atoms with Crippen LogP contribution in [0.15, 0.2) is 121 Å². The zero-order valence-corrected chi connectivity index (χ0v) is 49.0. The molecule has 0 fully saturated rings. The lowest BCUT2D eigenvalue weighted by atomic mass is 9.86. The van der Waals surface area contributed by atoms with Crippen LogP contribution in [-0.2, 0) is 37.6 Å². The zero-order valence-electron chi connectivity index (χ0n) is 46.8. The van der Waals surface area contributed by atoms with Gasteiger partial charge in [0.2, 0.25) is 0 Å². The topological polar surface area (TPSA) is 242 Å². The molecular formula is C64H47Cl3N8O11. The molecule has 0 aliphatic carbocycles. The Hall–Kier alpha value is -9.95. The van der Waals surface area contributed by atoms with Gasteiger partial charge in [-0.05, 0) is 82.8 Å². The van der Waals surface area contributed by atoms with Crippen molar-refractivity contribution in [2.45, 2.75) is 39.4 Å². The first kappa shape index (κ1) is 56.5. The zero-order chi connectivity index (χ0) is 60.3. The summed E-state index contributed by atoms with van der Waals surface area (Å²) in [5.74, 6) is -1.15. The Balaban J connectivity index is 1.04. The maximum absolute atomic E-state index is 12.7. The minimum atomic E-state index is -0.717. The van der Waals surface area contributed by atoms with E-state index in [1.165, 1.54) is 64.8 Å². The molecule has 19 nitrogen and oxygen atoms in total. The van der Waals surface area contributed by atoms with E-state index in [1.54, 1.807) is 18.2 Å². The van der Waals surface area contributed by atoms with Gasteiger partial charge in [-0.15, -0.1) is 0 Å². The number of carbonyl (C=O) groups excluding carboxylic acids is 4. The van der Waals surface area contributed by atoms with Crippen LogP contribution < -0.4 is 14.2 Å². The number of halogens is 3. The Morgan fingerprint density at radius 1 is 0.430 bits per heavy atom. The van der Waals surface area contributed by atoms with Crippen molar-refractivity contribution < 1.29 is 52.3 Å². The van der Waals surface area contributed by atoms with Gasteiger partial charge in [0.05, 0.1) is 71.5 Å². The molecule has 0 unspecified atom stereocenters. The molecule has 22 heteroatoms. The van der Waals surface area contributed by atoms with Crippen LogP contribution in [0.25, 0.3) is 89.7 Å². The van der Waals surface area contributed by atoms with E-state index in [-0.39, 0.29) is 101 Å². The van der Waals surface area contributed by atoms with Crippen molar-refractivity contribution in [3.63, 3.8) is 0 Å². The van der Waals surface area contributed by atoms with Crippen LogP contribution >= 0.6 is 34.8 Å². The van der Waals surface area contributed by atoms with E-state index >= 15 is 0 Å². The van der Waals surface area contributed by atoms with Gasteiger partial charge in [0.1, 0.15) is 58.1 Å². The van der Waals surface area contributed by atoms with Crippen molar-refractivity contribution in [3.8, 4) is 68.5 Å². The molecule has 0 saturated carbocycles. The van der Waals surface area contributed by atoms with Crippen LogP contribution in [0.1, 0.15) is 78.9 Å². The second kappa shape index (κ2) is 22.6. The monoisotopic (exact) mass is 1210 g/mol. The first-order valence-electron chi connectivity index (χ1n) is 26.5. The van der Waals surface area contributed by atoms with Gasteiger partial charge in [0, 0.05) is 33.0 Å². The molecule has 5 heterocycles. The van der Waals surface area contributed by atoms with E-state index in [9.17, 15) is 19.2 Å². The predicted molar refractivity (Wildman–Crippen MR) is 323 cm³/mol. The second-order valence-corrected chi connectivity index (χ2v) is 22.0. The van der Waals surface area contributed by atoms with Crippen LogP contribution in [0.3, 0.4) is 0 Å². The van der Waals surface area contributed by atoms with E-state index < -0.39 is 23.9 Å². The number of ether oxygens (including phenoxy) is 7.